The fourth-order valence-electron chi connectivity index (χ4n) is 1.53. The molecule has 0 fully saturated rings. The summed E-state index contributed by atoms with van der Waals surface area (Å²) in [6, 6.07) is 12.7. The lowest BCUT2D eigenvalue weighted by Crippen LogP contribution is -2.11. The molecular weight excluding hydrogens is 314 g/mol. The highest BCUT2D eigenvalue weighted by molar-refractivity contribution is 9.10. The van der Waals surface area contributed by atoms with Crippen molar-refractivity contribution in [3.05, 3.63) is 63.1 Å². The van der Waals surface area contributed by atoms with Crippen molar-refractivity contribution in [3.8, 4) is 0 Å². The molecule has 0 heterocycles. The third-order valence-electron chi connectivity index (χ3n) is 2.43. The van der Waals surface area contributed by atoms with Gasteiger partial charge in [0, 0.05) is 20.7 Å². The first kappa shape index (κ1) is 13.1. The van der Waals surface area contributed by atoms with Crippen molar-refractivity contribution >= 4 is 39.1 Å². The highest BCUT2D eigenvalue weighted by Gasteiger charge is 2.07. The van der Waals surface area contributed by atoms with Crippen LogP contribution < -0.4 is 5.32 Å². The third kappa shape index (κ3) is 3.34. The molecule has 0 aliphatic rings. The van der Waals surface area contributed by atoms with Crippen molar-refractivity contribution < 1.29 is 4.79 Å². The highest BCUT2D eigenvalue weighted by Crippen LogP contribution is 2.20. The SMILES string of the molecule is Cc1ccc(NC(=O)c2cc(Cl)cc(Br)c2)cc1. The zero-order valence-electron chi connectivity index (χ0n) is 9.71. The molecule has 1 N–H and O–H groups in total. The van der Waals surface area contributed by atoms with E-state index in [2.05, 4.69) is 21.2 Å². The van der Waals surface area contributed by atoms with E-state index in [1.807, 2.05) is 31.2 Å². The maximum Gasteiger partial charge on any atom is 0.255 e. The molecule has 0 unspecified atom stereocenters. The first-order chi connectivity index (χ1) is 8.54. The second-order valence-corrected chi connectivity index (χ2v) is 5.33. The number of rotatable bonds is 2. The fourth-order valence-corrected chi connectivity index (χ4v) is 2.39. The van der Waals surface area contributed by atoms with E-state index in [-0.39, 0.29) is 5.91 Å². The van der Waals surface area contributed by atoms with Gasteiger partial charge in [-0.2, -0.15) is 0 Å². The normalized spacial score (nSPS) is 10.2. The Kier molecular flexibility index (Phi) is 4.04. The Hall–Kier alpha value is -1.32. The minimum absolute atomic E-state index is 0.179. The van der Waals surface area contributed by atoms with Crippen LogP contribution in [0.1, 0.15) is 15.9 Å². The van der Waals surface area contributed by atoms with Gasteiger partial charge in [-0.15, -0.1) is 0 Å². The van der Waals surface area contributed by atoms with E-state index in [9.17, 15) is 4.79 Å². The van der Waals surface area contributed by atoms with Gasteiger partial charge in [0.25, 0.3) is 5.91 Å². The molecule has 2 aromatic carbocycles. The molecule has 4 heteroatoms. The molecule has 18 heavy (non-hydrogen) atoms. The van der Waals surface area contributed by atoms with E-state index in [1.54, 1.807) is 18.2 Å². The summed E-state index contributed by atoms with van der Waals surface area (Å²) in [5, 5.41) is 3.35. The van der Waals surface area contributed by atoms with Crippen LogP contribution in [-0.2, 0) is 0 Å². The molecular formula is C14H11BrClNO. The highest BCUT2D eigenvalue weighted by atomic mass is 79.9. The van der Waals surface area contributed by atoms with Gasteiger partial charge in [0.2, 0.25) is 0 Å². The van der Waals surface area contributed by atoms with Crippen molar-refractivity contribution in [3.63, 3.8) is 0 Å². The van der Waals surface area contributed by atoms with E-state index in [0.29, 0.717) is 10.6 Å². The predicted octanol–water partition coefficient (Wildman–Crippen LogP) is 4.66. The average molecular weight is 325 g/mol. The molecule has 2 nitrogen and oxygen atoms in total. The van der Waals surface area contributed by atoms with Crippen molar-refractivity contribution in [1.82, 2.24) is 0 Å². The van der Waals surface area contributed by atoms with Crippen LogP contribution >= 0.6 is 27.5 Å². The summed E-state index contributed by atoms with van der Waals surface area (Å²) in [7, 11) is 0. The van der Waals surface area contributed by atoms with E-state index in [4.69, 9.17) is 11.6 Å². The summed E-state index contributed by atoms with van der Waals surface area (Å²) in [5.74, 6) is -0.179. The Balaban J connectivity index is 2.19. The van der Waals surface area contributed by atoms with Crippen molar-refractivity contribution in [1.29, 1.82) is 0 Å². The number of amides is 1. The van der Waals surface area contributed by atoms with Crippen LogP contribution in [0.5, 0.6) is 0 Å². The summed E-state index contributed by atoms with van der Waals surface area (Å²) in [4.78, 5) is 12.0. The quantitative estimate of drug-likeness (QED) is 0.855. The van der Waals surface area contributed by atoms with Crippen molar-refractivity contribution in [2.24, 2.45) is 0 Å². The third-order valence-corrected chi connectivity index (χ3v) is 3.11. The maximum absolute atomic E-state index is 12.0. The van der Waals surface area contributed by atoms with Gasteiger partial charge >= 0.3 is 0 Å². The molecule has 0 aromatic heterocycles. The van der Waals surface area contributed by atoms with Crippen LogP contribution in [0.15, 0.2) is 46.9 Å². The molecule has 1 amide bonds. The summed E-state index contributed by atoms with van der Waals surface area (Å²) >= 11 is 9.22. The average Bonchev–Trinajstić information content (AvgIpc) is 2.31. The number of benzene rings is 2. The van der Waals surface area contributed by atoms with Gasteiger partial charge in [-0.05, 0) is 37.3 Å². The molecule has 0 bridgehead atoms. The standard InChI is InChI=1S/C14H11BrClNO/c1-9-2-4-13(5-3-9)17-14(18)10-6-11(15)8-12(16)7-10/h2-8H,1H3,(H,17,18). The Bertz CT molecular complexity index is 561. The number of carbonyl (C=O) groups excluding carboxylic acids is 1. The summed E-state index contributed by atoms with van der Waals surface area (Å²) in [5.41, 5.74) is 2.44. The van der Waals surface area contributed by atoms with Gasteiger partial charge in [-0.3, -0.25) is 4.79 Å². The number of halogens is 2. The van der Waals surface area contributed by atoms with Crippen LogP contribution in [0.4, 0.5) is 5.69 Å². The Morgan fingerprint density at radius 3 is 2.44 bits per heavy atom. The predicted molar refractivity (Wildman–Crippen MR) is 78.3 cm³/mol. The van der Waals surface area contributed by atoms with E-state index in [0.717, 1.165) is 15.7 Å². The lowest BCUT2D eigenvalue weighted by atomic mass is 10.2. The Morgan fingerprint density at radius 1 is 1.17 bits per heavy atom. The number of carbonyl (C=O) groups is 1. The lowest BCUT2D eigenvalue weighted by Gasteiger charge is -2.06. The van der Waals surface area contributed by atoms with Gasteiger partial charge in [-0.25, -0.2) is 0 Å². The van der Waals surface area contributed by atoms with Gasteiger partial charge in [0.1, 0.15) is 0 Å². The first-order valence-corrected chi connectivity index (χ1v) is 6.56. The Morgan fingerprint density at radius 2 is 1.83 bits per heavy atom. The molecule has 0 aliphatic carbocycles. The van der Waals surface area contributed by atoms with E-state index in [1.165, 1.54) is 0 Å². The number of hydrogen-bond donors (Lipinski definition) is 1. The second kappa shape index (κ2) is 5.55. The summed E-state index contributed by atoms with van der Waals surface area (Å²) in [6.07, 6.45) is 0. The van der Waals surface area contributed by atoms with Gasteiger partial charge < -0.3 is 5.32 Å². The van der Waals surface area contributed by atoms with Crippen LogP contribution in [0.3, 0.4) is 0 Å². The summed E-state index contributed by atoms with van der Waals surface area (Å²) in [6.45, 7) is 2.00. The first-order valence-electron chi connectivity index (χ1n) is 5.39. The van der Waals surface area contributed by atoms with E-state index >= 15 is 0 Å². The molecule has 0 spiro atoms. The minimum Gasteiger partial charge on any atom is -0.322 e. The van der Waals surface area contributed by atoms with Crippen molar-refractivity contribution in [2.75, 3.05) is 5.32 Å². The minimum atomic E-state index is -0.179. The molecule has 2 rings (SSSR count). The van der Waals surface area contributed by atoms with Crippen LogP contribution in [0, 0.1) is 6.92 Å². The smallest absolute Gasteiger partial charge is 0.255 e. The summed E-state index contributed by atoms with van der Waals surface area (Å²) < 4.78 is 0.782. The topological polar surface area (TPSA) is 29.1 Å². The second-order valence-electron chi connectivity index (χ2n) is 3.98. The van der Waals surface area contributed by atoms with Gasteiger partial charge in [0.15, 0.2) is 0 Å². The number of aryl methyl sites for hydroxylation is 1. The number of nitrogens with one attached hydrogen (secondary N) is 1. The molecule has 2 aromatic rings. The van der Waals surface area contributed by atoms with Crippen molar-refractivity contribution in [2.45, 2.75) is 6.92 Å². The monoisotopic (exact) mass is 323 g/mol. The van der Waals surface area contributed by atoms with Gasteiger partial charge in [0.05, 0.1) is 0 Å². The molecule has 92 valence electrons. The maximum atomic E-state index is 12.0. The number of hydrogen-bond acceptors (Lipinski definition) is 1. The van der Waals surface area contributed by atoms with Gasteiger partial charge in [-0.1, -0.05) is 45.2 Å². The van der Waals surface area contributed by atoms with Crippen LogP contribution in [0.2, 0.25) is 5.02 Å². The fraction of sp³-hybridized carbons (Fsp3) is 0.0714. The van der Waals surface area contributed by atoms with Crippen LogP contribution in [-0.4, -0.2) is 5.91 Å². The van der Waals surface area contributed by atoms with E-state index < -0.39 is 0 Å². The zero-order valence-corrected chi connectivity index (χ0v) is 12.0. The number of anilines is 1. The lowest BCUT2D eigenvalue weighted by molar-refractivity contribution is 0.102. The molecule has 0 saturated carbocycles. The zero-order chi connectivity index (χ0) is 13.1. The molecule has 0 saturated heterocycles. The van der Waals surface area contributed by atoms with Crippen LogP contribution in [0.25, 0.3) is 0 Å². The molecule has 0 atom stereocenters. The largest absolute Gasteiger partial charge is 0.322 e. The molecule has 0 aliphatic heterocycles. The molecule has 0 radical (unpaired) electrons. The Labute approximate surface area is 119 Å².